The van der Waals surface area contributed by atoms with E-state index in [1.165, 1.54) is 4.90 Å². The summed E-state index contributed by atoms with van der Waals surface area (Å²) in [4.78, 5) is 36.9. The summed E-state index contributed by atoms with van der Waals surface area (Å²) in [6, 6.07) is -0.750. The topological polar surface area (TPSA) is 125 Å². The van der Waals surface area contributed by atoms with Crippen molar-refractivity contribution >= 4 is 23.6 Å². The molecule has 4 N–H and O–H groups in total. The van der Waals surface area contributed by atoms with Crippen LogP contribution in [0.5, 0.6) is 0 Å². The normalized spacial score (nSPS) is 34.5. The molecule has 20 heavy (non-hydrogen) atoms. The van der Waals surface area contributed by atoms with Gasteiger partial charge in [-0.25, -0.2) is 0 Å². The van der Waals surface area contributed by atoms with Crippen LogP contribution < -0.4 is 11.1 Å². The maximum Gasteiger partial charge on any atom is 0.249 e. The summed E-state index contributed by atoms with van der Waals surface area (Å²) in [5.41, 5.74) is 4.57. The number of amidine groups is 1. The van der Waals surface area contributed by atoms with Crippen molar-refractivity contribution in [3.05, 3.63) is 0 Å². The zero-order chi connectivity index (χ0) is 15.1. The summed E-state index contributed by atoms with van der Waals surface area (Å²) in [5.74, 6) is -1.36. The van der Waals surface area contributed by atoms with Gasteiger partial charge in [0.05, 0.1) is 0 Å². The second kappa shape index (κ2) is 4.77. The molecule has 1 heterocycles. The SMILES string of the molecule is CC1CC(C(=O)N2CC(=O)NC(=O)C2C)(C(N)=NO)C1. The number of piperazine rings is 1. The van der Waals surface area contributed by atoms with Gasteiger partial charge in [-0.15, -0.1) is 0 Å². The molecular weight excluding hydrogens is 264 g/mol. The molecule has 8 nitrogen and oxygen atoms in total. The summed E-state index contributed by atoms with van der Waals surface area (Å²) in [6.45, 7) is 3.30. The van der Waals surface area contributed by atoms with Crippen LogP contribution >= 0.6 is 0 Å². The number of hydrogen-bond donors (Lipinski definition) is 3. The van der Waals surface area contributed by atoms with Crippen molar-refractivity contribution < 1.29 is 19.6 Å². The van der Waals surface area contributed by atoms with Crippen LogP contribution in [0.1, 0.15) is 26.7 Å². The number of carbonyl (C=O) groups excluding carboxylic acids is 3. The number of rotatable bonds is 2. The summed E-state index contributed by atoms with van der Waals surface area (Å²) in [6.07, 6.45) is 0.890. The van der Waals surface area contributed by atoms with Crippen molar-refractivity contribution in [2.45, 2.75) is 32.7 Å². The molecule has 1 unspecified atom stereocenters. The Bertz CT molecular complexity index is 496. The summed E-state index contributed by atoms with van der Waals surface area (Å²) in [5, 5.41) is 14.0. The predicted octanol–water partition coefficient (Wildman–Crippen LogP) is -0.977. The highest BCUT2D eigenvalue weighted by molar-refractivity contribution is 6.11. The van der Waals surface area contributed by atoms with Crippen molar-refractivity contribution in [2.75, 3.05) is 6.54 Å². The van der Waals surface area contributed by atoms with E-state index >= 15 is 0 Å². The van der Waals surface area contributed by atoms with Crippen LogP contribution in [0.2, 0.25) is 0 Å². The third kappa shape index (κ3) is 2.00. The predicted molar refractivity (Wildman–Crippen MR) is 68.6 cm³/mol. The highest BCUT2D eigenvalue weighted by Gasteiger charge is 2.55. The first-order valence-corrected chi connectivity index (χ1v) is 6.44. The third-order valence-corrected chi connectivity index (χ3v) is 4.09. The van der Waals surface area contributed by atoms with Gasteiger partial charge in [0.15, 0.2) is 5.84 Å². The molecule has 0 spiro atoms. The van der Waals surface area contributed by atoms with Crippen molar-refractivity contribution in [2.24, 2.45) is 22.2 Å². The molecule has 1 atom stereocenters. The molecule has 2 rings (SSSR count). The van der Waals surface area contributed by atoms with Crippen molar-refractivity contribution in [1.29, 1.82) is 0 Å². The van der Waals surface area contributed by atoms with Gasteiger partial charge < -0.3 is 15.8 Å². The average molecular weight is 282 g/mol. The lowest BCUT2D eigenvalue weighted by atomic mass is 9.61. The molecule has 0 aromatic rings. The Morgan fingerprint density at radius 1 is 1.45 bits per heavy atom. The van der Waals surface area contributed by atoms with Crippen LogP contribution in [0, 0.1) is 11.3 Å². The number of imide groups is 1. The van der Waals surface area contributed by atoms with Crippen LogP contribution in [0.3, 0.4) is 0 Å². The first kappa shape index (κ1) is 14.3. The van der Waals surface area contributed by atoms with Crippen LogP contribution in [-0.4, -0.2) is 46.3 Å². The van der Waals surface area contributed by atoms with E-state index in [0.29, 0.717) is 12.8 Å². The molecule has 2 fully saturated rings. The van der Waals surface area contributed by atoms with E-state index in [9.17, 15) is 14.4 Å². The van der Waals surface area contributed by atoms with Crippen LogP contribution in [0.15, 0.2) is 5.16 Å². The van der Waals surface area contributed by atoms with Crippen molar-refractivity contribution in [3.63, 3.8) is 0 Å². The molecule has 110 valence electrons. The second-order valence-electron chi connectivity index (χ2n) is 5.60. The number of nitrogens with one attached hydrogen (secondary N) is 1. The largest absolute Gasteiger partial charge is 0.409 e. The van der Waals surface area contributed by atoms with E-state index in [-0.39, 0.29) is 18.3 Å². The molecule has 2 aliphatic rings. The van der Waals surface area contributed by atoms with Gasteiger partial charge in [-0.1, -0.05) is 12.1 Å². The molecule has 8 heteroatoms. The highest BCUT2D eigenvalue weighted by atomic mass is 16.4. The lowest BCUT2D eigenvalue weighted by molar-refractivity contribution is -0.156. The Hall–Kier alpha value is -2.12. The maximum absolute atomic E-state index is 12.7. The smallest absolute Gasteiger partial charge is 0.249 e. The first-order valence-electron chi connectivity index (χ1n) is 6.44. The lowest BCUT2D eigenvalue weighted by Gasteiger charge is -2.47. The van der Waals surface area contributed by atoms with Gasteiger partial charge in [0.1, 0.15) is 18.0 Å². The lowest BCUT2D eigenvalue weighted by Crippen LogP contribution is -2.65. The van der Waals surface area contributed by atoms with Crippen LogP contribution in [0.25, 0.3) is 0 Å². The molecular formula is C12H18N4O4. The maximum atomic E-state index is 12.7. The fourth-order valence-electron chi connectivity index (χ4n) is 2.96. The number of nitrogens with two attached hydrogens (primary N) is 1. The summed E-state index contributed by atoms with van der Waals surface area (Å²) in [7, 11) is 0. The molecule has 0 radical (unpaired) electrons. The Labute approximate surface area is 116 Å². The first-order chi connectivity index (χ1) is 9.31. The highest BCUT2D eigenvalue weighted by Crippen LogP contribution is 2.47. The van der Waals surface area contributed by atoms with E-state index in [1.807, 2.05) is 6.92 Å². The Kier molecular flexibility index (Phi) is 3.41. The van der Waals surface area contributed by atoms with Crippen molar-refractivity contribution in [3.8, 4) is 0 Å². The number of hydrogen-bond acceptors (Lipinski definition) is 5. The minimum absolute atomic E-state index is 0.161. The molecule has 0 aromatic carbocycles. The zero-order valence-corrected chi connectivity index (χ0v) is 11.4. The van der Waals surface area contributed by atoms with E-state index in [1.54, 1.807) is 6.92 Å². The minimum atomic E-state index is -1.10. The van der Waals surface area contributed by atoms with E-state index < -0.39 is 29.2 Å². The number of carbonyl (C=O) groups is 3. The average Bonchev–Trinajstić information content (AvgIpc) is 2.37. The quantitative estimate of drug-likeness (QED) is 0.197. The van der Waals surface area contributed by atoms with E-state index in [2.05, 4.69) is 10.5 Å². The molecule has 1 aliphatic carbocycles. The molecule has 1 saturated heterocycles. The van der Waals surface area contributed by atoms with Crippen LogP contribution in [0.4, 0.5) is 0 Å². The summed E-state index contributed by atoms with van der Waals surface area (Å²) < 4.78 is 0. The summed E-state index contributed by atoms with van der Waals surface area (Å²) >= 11 is 0. The van der Waals surface area contributed by atoms with E-state index in [0.717, 1.165) is 0 Å². The Morgan fingerprint density at radius 3 is 2.55 bits per heavy atom. The van der Waals surface area contributed by atoms with Gasteiger partial charge in [-0.3, -0.25) is 19.7 Å². The van der Waals surface area contributed by atoms with Gasteiger partial charge in [-0.05, 0) is 25.7 Å². The number of amides is 3. The monoisotopic (exact) mass is 282 g/mol. The van der Waals surface area contributed by atoms with E-state index in [4.69, 9.17) is 10.9 Å². The van der Waals surface area contributed by atoms with Gasteiger partial charge in [0, 0.05) is 0 Å². The minimum Gasteiger partial charge on any atom is -0.409 e. The fraction of sp³-hybridized carbons (Fsp3) is 0.667. The van der Waals surface area contributed by atoms with Gasteiger partial charge in [0.2, 0.25) is 17.7 Å². The molecule has 3 amide bonds. The molecule has 0 aromatic heterocycles. The number of nitrogens with zero attached hydrogens (tertiary/aromatic N) is 2. The second-order valence-corrected chi connectivity index (χ2v) is 5.60. The Morgan fingerprint density at radius 2 is 2.05 bits per heavy atom. The van der Waals surface area contributed by atoms with Crippen molar-refractivity contribution in [1.82, 2.24) is 10.2 Å². The van der Waals surface area contributed by atoms with Gasteiger partial charge in [0.25, 0.3) is 0 Å². The molecule has 0 bridgehead atoms. The van der Waals surface area contributed by atoms with Gasteiger partial charge in [-0.2, -0.15) is 0 Å². The number of oxime groups is 1. The third-order valence-electron chi connectivity index (χ3n) is 4.09. The standard InChI is InChI=1S/C12H18N4O4/c1-6-3-12(4-6,10(13)15-20)11(19)16-5-8(17)14-9(18)7(16)2/h6-7,20H,3-5H2,1-2H3,(H2,13,15)(H,14,17,18). The molecule has 1 saturated carbocycles. The Balaban J connectivity index is 2.29. The fourth-order valence-corrected chi connectivity index (χ4v) is 2.96. The molecule has 1 aliphatic heterocycles. The zero-order valence-electron chi connectivity index (χ0n) is 11.4. The van der Waals surface area contributed by atoms with Crippen LogP contribution in [-0.2, 0) is 14.4 Å². The van der Waals surface area contributed by atoms with Gasteiger partial charge >= 0.3 is 0 Å².